The lowest BCUT2D eigenvalue weighted by Crippen LogP contribution is -2.52. The van der Waals surface area contributed by atoms with Gasteiger partial charge in [0, 0.05) is 0 Å². The molecule has 26 heavy (non-hydrogen) atoms. The van der Waals surface area contributed by atoms with Crippen molar-refractivity contribution < 1.29 is 29.0 Å². The number of ether oxygens (including phenoxy) is 2. The zero-order valence-corrected chi connectivity index (χ0v) is 14.6. The molecule has 0 aliphatic carbocycles. The molecular weight excluding hydrogens is 340 g/mol. The highest BCUT2D eigenvalue weighted by atomic mass is 16.5. The molecule has 2 amide bonds. The zero-order valence-electron chi connectivity index (χ0n) is 14.6. The molecule has 5 atom stereocenters. The molecule has 2 heterocycles. The highest BCUT2D eigenvalue weighted by molar-refractivity contribution is 5.89. The fourth-order valence-electron chi connectivity index (χ4n) is 3.58. The molecule has 0 unspecified atom stereocenters. The van der Waals surface area contributed by atoms with Gasteiger partial charge >= 0.3 is 5.97 Å². The number of carboxylic acids is 1. The smallest absolute Gasteiger partial charge is 0.310 e. The van der Waals surface area contributed by atoms with E-state index >= 15 is 0 Å². The Balaban J connectivity index is 1.54. The van der Waals surface area contributed by atoms with Crippen molar-refractivity contribution in [3.05, 3.63) is 29.8 Å². The molecule has 8 nitrogen and oxygen atoms in total. The van der Waals surface area contributed by atoms with E-state index < -0.39 is 47.9 Å². The van der Waals surface area contributed by atoms with Gasteiger partial charge in [-0.05, 0) is 44.4 Å². The Labute approximate surface area is 150 Å². The maximum Gasteiger partial charge on any atom is 0.310 e. The standard InChI is InChI=1S/C18H22N2O6/c1-9-4-3-5-11(8-9)25-10(2)16(21)19-20-17(22)14-12-6-7-13(26-12)15(14)18(23)24/h3-5,8,10,12-15H,6-7H2,1-2H3,(H,19,21)(H,20,22)(H,23,24)/t10-,12-,13-,14+,15-/m1/s1. The normalized spacial score (nSPS) is 27.6. The molecule has 1 aromatic rings. The number of nitrogens with one attached hydrogen (secondary N) is 2. The van der Waals surface area contributed by atoms with E-state index in [9.17, 15) is 19.5 Å². The molecule has 2 bridgehead atoms. The molecule has 3 N–H and O–H groups in total. The van der Waals surface area contributed by atoms with Crippen LogP contribution in [0, 0.1) is 18.8 Å². The molecule has 3 rings (SSSR count). The van der Waals surface area contributed by atoms with Crippen molar-refractivity contribution in [2.24, 2.45) is 11.8 Å². The molecule has 2 aliphatic rings. The van der Waals surface area contributed by atoms with Crippen LogP contribution in [0.5, 0.6) is 5.75 Å². The van der Waals surface area contributed by atoms with Crippen LogP contribution in [0.25, 0.3) is 0 Å². The first kappa shape index (κ1) is 18.2. The lowest BCUT2D eigenvalue weighted by atomic mass is 9.79. The molecule has 0 aromatic heterocycles. The quantitative estimate of drug-likeness (QED) is 0.667. The Kier molecular flexibility index (Phi) is 5.13. The van der Waals surface area contributed by atoms with Crippen LogP contribution in [0.15, 0.2) is 24.3 Å². The summed E-state index contributed by atoms with van der Waals surface area (Å²) in [5, 5.41) is 9.34. The minimum Gasteiger partial charge on any atom is -0.481 e. The highest BCUT2D eigenvalue weighted by Crippen LogP contribution is 2.43. The van der Waals surface area contributed by atoms with Crippen molar-refractivity contribution in [3.63, 3.8) is 0 Å². The first-order valence-electron chi connectivity index (χ1n) is 8.58. The second-order valence-electron chi connectivity index (χ2n) is 6.74. The number of rotatable bonds is 5. The number of carbonyl (C=O) groups is 3. The fourth-order valence-corrected chi connectivity index (χ4v) is 3.58. The van der Waals surface area contributed by atoms with Crippen molar-refractivity contribution in [1.29, 1.82) is 0 Å². The van der Waals surface area contributed by atoms with Crippen LogP contribution in [0.2, 0.25) is 0 Å². The molecule has 2 fully saturated rings. The van der Waals surface area contributed by atoms with Crippen LogP contribution < -0.4 is 15.6 Å². The Morgan fingerprint density at radius 1 is 1.19 bits per heavy atom. The highest BCUT2D eigenvalue weighted by Gasteiger charge is 2.55. The monoisotopic (exact) mass is 362 g/mol. The average molecular weight is 362 g/mol. The Hall–Kier alpha value is -2.61. The molecular formula is C18H22N2O6. The van der Waals surface area contributed by atoms with Gasteiger partial charge < -0.3 is 14.6 Å². The third kappa shape index (κ3) is 3.65. The summed E-state index contributed by atoms with van der Waals surface area (Å²) in [6.45, 7) is 3.47. The van der Waals surface area contributed by atoms with Crippen molar-refractivity contribution in [3.8, 4) is 5.75 Å². The Morgan fingerprint density at radius 2 is 1.88 bits per heavy atom. The predicted octanol–water partition coefficient (Wildman–Crippen LogP) is 0.788. The lowest BCUT2D eigenvalue weighted by Gasteiger charge is -2.24. The lowest BCUT2D eigenvalue weighted by molar-refractivity contribution is -0.148. The van der Waals surface area contributed by atoms with Crippen LogP contribution in [0.4, 0.5) is 0 Å². The van der Waals surface area contributed by atoms with Crippen LogP contribution >= 0.6 is 0 Å². The third-order valence-electron chi connectivity index (χ3n) is 4.84. The van der Waals surface area contributed by atoms with Crippen LogP contribution in [-0.4, -0.2) is 41.2 Å². The van der Waals surface area contributed by atoms with Gasteiger partial charge in [0.1, 0.15) is 5.75 Å². The van der Waals surface area contributed by atoms with E-state index in [1.807, 2.05) is 19.1 Å². The van der Waals surface area contributed by atoms with E-state index in [4.69, 9.17) is 9.47 Å². The van der Waals surface area contributed by atoms with E-state index in [0.29, 0.717) is 18.6 Å². The van der Waals surface area contributed by atoms with E-state index in [2.05, 4.69) is 10.9 Å². The Morgan fingerprint density at radius 3 is 2.54 bits per heavy atom. The second kappa shape index (κ2) is 7.33. The maximum absolute atomic E-state index is 12.4. The number of fused-ring (bicyclic) bond motifs is 2. The third-order valence-corrected chi connectivity index (χ3v) is 4.84. The van der Waals surface area contributed by atoms with Crippen molar-refractivity contribution >= 4 is 17.8 Å². The van der Waals surface area contributed by atoms with E-state index in [1.54, 1.807) is 19.1 Å². The van der Waals surface area contributed by atoms with Crippen molar-refractivity contribution in [1.82, 2.24) is 10.9 Å². The van der Waals surface area contributed by atoms with Gasteiger partial charge in [0.15, 0.2) is 6.10 Å². The summed E-state index contributed by atoms with van der Waals surface area (Å²) in [5.74, 6) is -3.28. The first-order chi connectivity index (χ1) is 12.4. The fraction of sp³-hybridized carbons (Fsp3) is 0.500. The maximum atomic E-state index is 12.4. The summed E-state index contributed by atoms with van der Waals surface area (Å²) in [6, 6.07) is 7.26. The summed E-state index contributed by atoms with van der Waals surface area (Å²) in [4.78, 5) is 35.9. The Bertz CT molecular complexity index is 721. The number of carbonyl (C=O) groups excluding carboxylic acids is 2. The van der Waals surface area contributed by atoms with Gasteiger partial charge in [0.05, 0.1) is 24.0 Å². The summed E-state index contributed by atoms with van der Waals surface area (Å²) in [7, 11) is 0. The summed E-state index contributed by atoms with van der Waals surface area (Å²) in [6.07, 6.45) is -0.401. The number of hydrazine groups is 1. The first-order valence-corrected chi connectivity index (χ1v) is 8.58. The summed E-state index contributed by atoms with van der Waals surface area (Å²) in [5.41, 5.74) is 5.61. The molecule has 0 saturated carbocycles. The van der Waals surface area contributed by atoms with Crippen LogP contribution in [0.1, 0.15) is 25.3 Å². The molecule has 8 heteroatoms. The van der Waals surface area contributed by atoms with Gasteiger partial charge in [0.2, 0.25) is 5.91 Å². The van der Waals surface area contributed by atoms with Crippen molar-refractivity contribution in [2.45, 2.75) is 45.0 Å². The molecule has 0 radical (unpaired) electrons. The number of aryl methyl sites for hydroxylation is 1. The number of carboxylic acid groups (broad SMARTS) is 1. The topological polar surface area (TPSA) is 114 Å². The molecule has 1 aromatic carbocycles. The minimum atomic E-state index is -1.06. The summed E-state index contributed by atoms with van der Waals surface area (Å²) >= 11 is 0. The van der Waals surface area contributed by atoms with Crippen LogP contribution in [-0.2, 0) is 19.1 Å². The summed E-state index contributed by atoms with van der Waals surface area (Å²) < 4.78 is 11.1. The van der Waals surface area contributed by atoms with Crippen LogP contribution in [0.3, 0.4) is 0 Å². The van der Waals surface area contributed by atoms with Gasteiger partial charge in [-0.2, -0.15) is 0 Å². The van der Waals surface area contributed by atoms with Crippen molar-refractivity contribution in [2.75, 3.05) is 0 Å². The number of amides is 2. The molecule has 2 saturated heterocycles. The second-order valence-corrected chi connectivity index (χ2v) is 6.74. The number of hydrogen-bond donors (Lipinski definition) is 3. The zero-order chi connectivity index (χ0) is 18.8. The molecule has 0 spiro atoms. The van der Waals surface area contributed by atoms with Gasteiger partial charge in [-0.3, -0.25) is 25.2 Å². The SMILES string of the molecule is Cc1cccc(O[C@H](C)C(=O)NNC(=O)[C@@H]2[C@H](C(=O)O)[C@H]3CC[C@H]2O3)c1. The average Bonchev–Trinajstić information content (AvgIpc) is 3.20. The number of hydrogen-bond acceptors (Lipinski definition) is 5. The van der Waals surface area contributed by atoms with Gasteiger partial charge in [-0.1, -0.05) is 12.1 Å². The molecule has 2 aliphatic heterocycles. The number of aliphatic carboxylic acids is 1. The molecule has 140 valence electrons. The van der Waals surface area contributed by atoms with Gasteiger partial charge in [0.25, 0.3) is 5.91 Å². The predicted molar refractivity (Wildman–Crippen MR) is 90.1 cm³/mol. The largest absolute Gasteiger partial charge is 0.481 e. The van der Waals surface area contributed by atoms with E-state index in [1.165, 1.54) is 0 Å². The minimum absolute atomic E-state index is 0.418. The van der Waals surface area contributed by atoms with Gasteiger partial charge in [-0.25, -0.2) is 0 Å². The van der Waals surface area contributed by atoms with E-state index in [-0.39, 0.29) is 0 Å². The van der Waals surface area contributed by atoms with Gasteiger partial charge in [-0.15, -0.1) is 0 Å². The number of benzene rings is 1. The van der Waals surface area contributed by atoms with E-state index in [0.717, 1.165) is 5.56 Å².